The van der Waals surface area contributed by atoms with Crippen LogP contribution >= 0.6 is 11.6 Å². The van der Waals surface area contributed by atoms with Crippen LogP contribution in [-0.2, 0) is 15.7 Å². The molecule has 0 unspecified atom stereocenters. The number of morpholine rings is 1. The number of rotatable bonds is 5. The number of hydrogen-bond acceptors (Lipinski definition) is 4. The fraction of sp³-hybridized carbons (Fsp3) is 0.350. The molecule has 1 aliphatic heterocycles. The van der Waals surface area contributed by atoms with Gasteiger partial charge in [0.05, 0.1) is 30.2 Å². The lowest BCUT2D eigenvalue weighted by Gasteiger charge is -2.31. The summed E-state index contributed by atoms with van der Waals surface area (Å²) in [5.74, 6) is -0.450. The zero-order valence-electron chi connectivity index (χ0n) is 15.7. The van der Waals surface area contributed by atoms with Crippen LogP contribution < -0.4 is 15.5 Å². The van der Waals surface area contributed by atoms with Gasteiger partial charge in [0.1, 0.15) is 6.04 Å². The molecule has 2 N–H and O–H groups in total. The minimum Gasteiger partial charge on any atom is -0.378 e. The predicted molar refractivity (Wildman–Crippen MR) is 108 cm³/mol. The van der Waals surface area contributed by atoms with E-state index in [-0.39, 0.29) is 5.69 Å². The molecule has 2 aromatic carbocycles. The Hall–Kier alpha value is -2.45. The number of carbonyl (C=O) groups is 1. The smallest absolute Gasteiger partial charge is 0.378 e. The highest BCUT2D eigenvalue weighted by atomic mass is 35.5. The second-order valence-corrected chi connectivity index (χ2v) is 7.13. The first-order chi connectivity index (χ1) is 13.7. The number of benzene rings is 2. The Kier molecular flexibility index (Phi) is 6.54. The second-order valence-electron chi connectivity index (χ2n) is 6.69. The van der Waals surface area contributed by atoms with Gasteiger partial charge in [-0.25, -0.2) is 0 Å². The van der Waals surface area contributed by atoms with Crippen molar-refractivity contribution in [1.82, 2.24) is 0 Å². The number of alkyl halides is 3. The van der Waals surface area contributed by atoms with E-state index in [1.54, 1.807) is 31.2 Å². The average Bonchev–Trinajstić information content (AvgIpc) is 2.69. The summed E-state index contributed by atoms with van der Waals surface area (Å²) in [5, 5.41) is 6.21. The molecule has 0 spiro atoms. The molecule has 0 aliphatic carbocycles. The van der Waals surface area contributed by atoms with Gasteiger partial charge in [-0.1, -0.05) is 11.6 Å². The Morgan fingerprint density at radius 2 is 1.79 bits per heavy atom. The van der Waals surface area contributed by atoms with Crippen molar-refractivity contribution < 1.29 is 22.7 Å². The van der Waals surface area contributed by atoms with E-state index in [2.05, 4.69) is 10.6 Å². The highest BCUT2D eigenvalue weighted by molar-refractivity contribution is 6.30. The molecule has 1 amide bonds. The zero-order valence-corrected chi connectivity index (χ0v) is 16.5. The first-order valence-corrected chi connectivity index (χ1v) is 9.49. The van der Waals surface area contributed by atoms with Gasteiger partial charge < -0.3 is 20.3 Å². The lowest BCUT2D eigenvalue weighted by molar-refractivity contribution is -0.137. The molecule has 2 aromatic rings. The van der Waals surface area contributed by atoms with Gasteiger partial charge in [0.2, 0.25) is 5.91 Å². The van der Waals surface area contributed by atoms with Crippen molar-refractivity contribution in [3.63, 3.8) is 0 Å². The van der Waals surface area contributed by atoms with Crippen LogP contribution in [0, 0.1) is 0 Å². The van der Waals surface area contributed by atoms with Gasteiger partial charge in [0, 0.05) is 23.8 Å². The maximum absolute atomic E-state index is 13.2. The molecular formula is C20H21ClF3N3O2. The van der Waals surface area contributed by atoms with Crippen LogP contribution in [0.3, 0.4) is 0 Å². The molecule has 1 atom stereocenters. The molecule has 3 rings (SSSR count). The molecule has 1 fully saturated rings. The van der Waals surface area contributed by atoms with Gasteiger partial charge >= 0.3 is 6.18 Å². The number of halogens is 4. The summed E-state index contributed by atoms with van der Waals surface area (Å²) < 4.78 is 44.9. The van der Waals surface area contributed by atoms with Gasteiger partial charge in [-0.2, -0.15) is 13.2 Å². The van der Waals surface area contributed by atoms with Crippen LogP contribution in [0.15, 0.2) is 42.5 Å². The van der Waals surface area contributed by atoms with Gasteiger partial charge in [0.15, 0.2) is 0 Å². The third-order valence-corrected chi connectivity index (χ3v) is 4.81. The molecule has 156 valence electrons. The lowest BCUT2D eigenvalue weighted by atomic mass is 10.1. The largest absolute Gasteiger partial charge is 0.416 e. The van der Waals surface area contributed by atoms with E-state index in [0.717, 1.165) is 12.1 Å². The number of nitrogens with zero attached hydrogens (tertiary/aromatic N) is 1. The van der Waals surface area contributed by atoms with Crippen LogP contribution in [0.25, 0.3) is 0 Å². The monoisotopic (exact) mass is 427 g/mol. The van der Waals surface area contributed by atoms with Crippen molar-refractivity contribution >= 4 is 34.6 Å². The van der Waals surface area contributed by atoms with Crippen molar-refractivity contribution in [1.29, 1.82) is 0 Å². The quantitative estimate of drug-likeness (QED) is 0.730. The van der Waals surface area contributed by atoms with E-state index in [4.69, 9.17) is 16.3 Å². The summed E-state index contributed by atoms with van der Waals surface area (Å²) in [4.78, 5) is 14.6. The lowest BCUT2D eigenvalue weighted by Crippen LogP contribution is -2.37. The third kappa shape index (κ3) is 5.55. The Labute approximate surface area is 171 Å². The molecule has 1 aliphatic rings. The fourth-order valence-electron chi connectivity index (χ4n) is 3.00. The first kappa shape index (κ1) is 21.3. The highest BCUT2D eigenvalue weighted by Crippen LogP contribution is 2.36. The summed E-state index contributed by atoms with van der Waals surface area (Å²) >= 11 is 5.85. The standard InChI is InChI=1S/C20H21ClF3N3O2/c1-13(25-16-5-3-15(21)4-6-16)19(28)26-17-12-14(20(22,23)24)2-7-18(17)27-8-10-29-11-9-27/h2-7,12-13,25H,8-11H2,1H3,(H,26,28)/t13-/m1/s1. The maximum atomic E-state index is 13.2. The molecule has 0 saturated carbocycles. The molecule has 0 bridgehead atoms. The SMILES string of the molecule is C[C@@H](Nc1ccc(Cl)cc1)C(=O)Nc1cc(C(F)(F)F)ccc1N1CCOCC1. The number of ether oxygens (including phenoxy) is 1. The van der Waals surface area contributed by atoms with E-state index in [9.17, 15) is 18.0 Å². The molecule has 9 heteroatoms. The number of nitrogens with one attached hydrogen (secondary N) is 2. The van der Waals surface area contributed by atoms with Crippen LogP contribution in [0.2, 0.25) is 5.02 Å². The minimum absolute atomic E-state index is 0.122. The summed E-state index contributed by atoms with van der Waals surface area (Å²) in [6.45, 7) is 3.65. The van der Waals surface area contributed by atoms with Crippen molar-refractivity contribution in [2.75, 3.05) is 41.8 Å². The Morgan fingerprint density at radius 3 is 2.41 bits per heavy atom. The van der Waals surface area contributed by atoms with E-state index in [1.165, 1.54) is 6.07 Å². The topological polar surface area (TPSA) is 53.6 Å². The average molecular weight is 428 g/mol. The van der Waals surface area contributed by atoms with E-state index < -0.39 is 23.7 Å². The molecule has 0 radical (unpaired) electrons. The van der Waals surface area contributed by atoms with Crippen LogP contribution in [0.4, 0.5) is 30.2 Å². The van der Waals surface area contributed by atoms with E-state index >= 15 is 0 Å². The fourth-order valence-corrected chi connectivity index (χ4v) is 3.12. The van der Waals surface area contributed by atoms with Gasteiger partial charge in [-0.3, -0.25) is 4.79 Å². The van der Waals surface area contributed by atoms with Gasteiger partial charge in [-0.05, 0) is 49.4 Å². The maximum Gasteiger partial charge on any atom is 0.416 e. The number of carbonyl (C=O) groups excluding carboxylic acids is 1. The Balaban J connectivity index is 1.80. The normalized spacial score (nSPS) is 15.7. The van der Waals surface area contributed by atoms with Crippen molar-refractivity contribution in [2.24, 2.45) is 0 Å². The molecule has 29 heavy (non-hydrogen) atoms. The van der Waals surface area contributed by atoms with E-state index in [1.807, 2.05) is 4.90 Å². The number of anilines is 3. The summed E-state index contributed by atoms with van der Waals surface area (Å²) in [6.07, 6.45) is -4.50. The second kappa shape index (κ2) is 8.92. The third-order valence-electron chi connectivity index (χ3n) is 4.55. The van der Waals surface area contributed by atoms with Gasteiger partial charge in [-0.15, -0.1) is 0 Å². The minimum atomic E-state index is -4.50. The highest BCUT2D eigenvalue weighted by Gasteiger charge is 2.32. The first-order valence-electron chi connectivity index (χ1n) is 9.11. The Bertz CT molecular complexity index is 853. The Morgan fingerprint density at radius 1 is 1.14 bits per heavy atom. The molecule has 5 nitrogen and oxygen atoms in total. The van der Waals surface area contributed by atoms with Crippen molar-refractivity contribution in [3.05, 3.63) is 53.1 Å². The van der Waals surface area contributed by atoms with Crippen LogP contribution in [0.5, 0.6) is 0 Å². The van der Waals surface area contributed by atoms with Crippen molar-refractivity contribution in [2.45, 2.75) is 19.1 Å². The molecule has 0 aromatic heterocycles. The molecule has 1 heterocycles. The molecular weight excluding hydrogens is 407 g/mol. The van der Waals surface area contributed by atoms with E-state index in [0.29, 0.717) is 42.7 Å². The van der Waals surface area contributed by atoms with Crippen molar-refractivity contribution in [3.8, 4) is 0 Å². The summed E-state index contributed by atoms with van der Waals surface area (Å²) in [6, 6.07) is 9.50. The summed E-state index contributed by atoms with van der Waals surface area (Å²) in [7, 11) is 0. The van der Waals surface area contributed by atoms with Crippen LogP contribution in [-0.4, -0.2) is 38.3 Å². The van der Waals surface area contributed by atoms with Gasteiger partial charge in [0.25, 0.3) is 0 Å². The van der Waals surface area contributed by atoms with Crippen LogP contribution in [0.1, 0.15) is 12.5 Å². The zero-order chi connectivity index (χ0) is 21.0. The molecule has 1 saturated heterocycles. The number of hydrogen-bond donors (Lipinski definition) is 2. The summed E-state index contributed by atoms with van der Waals surface area (Å²) in [5.41, 5.74) is 0.516. The number of amides is 1. The predicted octanol–water partition coefficient (Wildman–Crippen LogP) is 4.63.